The van der Waals surface area contributed by atoms with E-state index in [1.165, 1.54) is 5.56 Å². The minimum atomic E-state index is 0.472. The lowest BCUT2D eigenvalue weighted by Gasteiger charge is -2.19. The molecule has 0 heterocycles. The van der Waals surface area contributed by atoms with Crippen LogP contribution < -0.4 is 5.73 Å². The van der Waals surface area contributed by atoms with Crippen molar-refractivity contribution in [1.29, 1.82) is 0 Å². The first kappa shape index (κ1) is 12.5. The quantitative estimate of drug-likeness (QED) is 0.833. The Morgan fingerprint density at radius 2 is 2.00 bits per heavy atom. The molecule has 0 aliphatic carbocycles. The van der Waals surface area contributed by atoms with Gasteiger partial charge in [-0.15, -0.1) is 0 Å². The number of hydrogen-bond acceptors (Lipinski definition) is 2. The molecule has 3 heteroatoms. The summed E-state index contributed by atoms with van der Waals surface area (Å²) in [6, 6.07) is 7.97. The molecule has 1 rings (SSSR count). The fourth-order valence-electron chi connectivity index (χ4n) is 1.71. The molecular formula is C12H19ClN2. The lowest BCUT2D eigenvalue weighted by atomic mass is 9.99. The molecule has 0 fully saturated rings. The first-order chi connectivity index (χ1) is 7.13. The van der Waals surface area contributed by atoms with Gasteiger partial charge in [-0.25, -0.2) is 0 Å². The number of nitrogens with zero attached hydrogens (tertiary/aromatic N) is 1. The zero-order valence-corrected chi connectivity index (χ0v) is 10.2. The Labute approximate surface area is 97.0 Å². The van der Waals surface area contributed by atoms with Gasteiger partial charge in [-0.2, -0.15) is 0 Å². The van der Waals surface area contributed by atoms with E-state index in [9.17, 15) is 0 Å². The molecule has 0 bridgehead atoms. The third kappa shape index (κ3) is 4.20. The molecule has 0 spiro atoms. The summed E-state index contributed by atoms with van der Waals surface area (Å²) >= 11 is 6.11. The van der Waals surface area contributed by atoms with Crippen molar-refractivity contribution >= 4 is 11.6 Å². The van der Waals surface area contributed by atoms with Crippen LogP contribution in [0.5, 0.6) is 0 Å². The van der Waals surface area contributed by atoms with Crippen LogP contribution in [0.4, 0.5) is 0 Å². The lowest BCUT2D eigenvalue weighted by molar-refractivity contribution is 0.327. The Morgan fingerprint density at radius 1 is 1.33 bits per heavy atom. The first-order valence-corrected chi connectivity index (χ1v) is 5.59. The fourth-order valence-corrected chi connectivity index (χ4v) is 1.93. The van der Waals surface area contributed by atoms with E-state index in [0.29, 0.717) is 12.5 Å². The summed E-state index contributed by atoms with van der Waals surface area (Å²) in [7, 11) is 4.13. The van der Waals surface area contributed by atoms with Gasteiger partial charge in [-0.3, -0.25) is 0 Å². The SMILES string of the molecule is CN(C)CC(CN)Cc1ccccc1Cl. The summed E-state index contributed by atoms with van der Waals surface area (Å²) in [5.74, 6) is 0.472. The highest BCUT2D eigenvalue weighted by atomic mass is 35.5. The van der Waals surface area contributed by atoms with Crippen molar-refractivity contribution in [3.8, 4) is 0 Å². The smallest absolute Gasteiger partial charge is 0.0438 e. The molecule has 0 aliphatic heterocycles. The number of hydrogen-bond donors (Lipinski definition) is 1. The second-order valence-corrected chi connectivity index (χ2v) is 4.57. The summed E-state index contributed by atoms with van der Waals surface area (Å²) in [4.78, 5) is 2.16. The van der Waals surface area contributed by atoms with Crippen LogP contribution in [0.2, 0.25) is 5.02 Å². The summed E-state index contributed by atoms with van der Waals surface area (Å²) in [6.07, 6.45) is 0.953. The van der Waals surface area contributed by atoms with E-state index in [4.69, 9.17) is 17.3 Å². The Balaban J connectivity index is 2.62. The van der Waals surface area contributed by atoms with E-state index < -0.39 is 0 Å². The molecule has 0 saturated carbocycles. The molecule has 0 aliphatic rings. The zero-order chi connectivity index (χ0) is 11.3. The van der Waals surface area contributed by atoms with Crippen LogP contribution in [0.25, 0.3) is 0 Å². The Hall–Kier alpha value is -0.570. The van der Waals surface area contributed by atoms with Gasteiger partial charge >= 0.3 is 0 Å². The van der Waals surface area contributed by atoms with E-state index in [0.717, 1.165) is 18.0 Å². The van der Waals surface area contributed by atoms with Crippen molar-refractivity contribution in [1.82, 2.24) is 4.90 Å². The maximum Gasteiger partial charge on any atom is 0.0438 e. The van der Waals surface area contributed by atoms with Gasteiger partial charge in [0, 0.05) is 11.6 Å². The molecule has 1 aromatic rings. The van der Waals surface area contributed by atoms with Crippen LogP contribution in [0.1, 0.15) is 5.56 Å². The van der Waals surface area contributed by atoms with Crippen molar-refractivity contribution in [2.45, 2.75) is 6.42 Å². The standard InChI is InChI=1S/C12H19ClN2/c1-15(2)9-10(8-14)7-11-5-3-4-6-12(11)13/h3-6,10H,7-9,14H2,1-2H3. The zero-order valence-electron chi connectivity index (χ0n) is 9.41. The Bertz CT molecular complexity index is 299. The van der Waals surface area contributed by atoms with Crippen molar-refractivity contribution < 1.29 is 0 Å². The van der Waals surface area contributed by atoms with E-state index in [1.807, 2.05) is 18.2 Å². The van der Waals surface area contributed by atoms with E-state index >= 15 is 0 Å². The van der Waals surface area contributed by atoms with Crippen molar-refractivity contribution in [3.63, 3.8) is 0 Å². The van der Waals surface area contributed by atoms with Gasteiger partial charge in [-0.1, -0.05) is 29.8 Å². The molecule has 2 N–H and O–H groups in total. The third-order valence-electron chi connectivity index (χ3n) is 2.42. The highest BCUT2D eigenvalue weighted by molar-refractivity contribution is 6.31. The van der Waals surface area contributed by atoms with Crippen molar-refractivity contribution in [3.05, 3.63) is 34.9 Å². The number of halogens is 1. The van der Waals surface area contributed by atoms with Crippen LogP contribution in [0.15, 0.2) is 24.3 Å². The van der Waals surface area contributed by atoms with Crippen LogP contribution in [0, 0.1) is 5.92 Å². The highest BCUT2D eigenvalue weighted by Crippen LogP contribution is 2.18. The van der Waals surface area contributed by atoms with Crippen molar-refractivity contribution in [2.24, 2.45) is 11.7 Å². The molecule has 15 heavy (non-hydrogen) atoms. The van der Waals surface area contributed by atoms with Gasteiger partial charge in [0.25, 0.3) is 0 Å². The molecule has 1 atom stereocenters. The number of nitrogens with two attached hydrogens (primary N) is 1. The molecular weight excluding hydrogens is 208 g/mol. The maximum atomic E-state index is 6.11. The molecule has 1 unspecified atom stereocenters. The third-order valence-corrected chi connectivity index (χ3v) is 2.79. The predicted octanol–water partition coefficient (Wildman–Crippen LogP) is 2.02. The summed E-state index contributed by atoms with van der Waals surface area (Å²) in [6.45, 7) is 1.70. The maximum absolute atomic E-state index is 6.11. The average molecular weight is 227 g/mol. The summed E-state index contributed by atoms with van der Waals surface area (Å²) < 4.78 is 0. The normalized spacial score (nSPS) is 13.1. The minimum Gasteiger partial charge on any atom is -0.330 e. The number of benzene rings is 1. The second-order valence-electron chi connectivity index (χ2n) is 4.16. The van der Waals surface area contributed by atoms with E-state index in [2.05, 4.69) is 25.1 Å². The van der Waals surface area contributed by atoms with Crippen LogP contribution >= 0.6 is 11.6 Å². The Kier molecular flexibility index (Phi) is 5.09. The topological polar surface area (TPSA) is 29.3 Å². The molecule has 1 aromatic carbocycles. The molecule has 0 saturated heterocycles. The fraction of sp³-hybridized carbons (Fsp3) is 0.500. The molecule has 0 radical (unpaired) electrons. The summed E-state index contributed by atoms with van der Waals surface area (Å²) in [5, 5.41) is 0.842. The minimum absolute atomic E-state index is 0.472. The van der Waals surface area contributed by atoms with Crippen LogP contribution in [-0.4, -0.2) is 32.1 Å². The van der Waals surface area contributed by atoms with E-state index in [-0.39, 0.29) is 0 Å². The van der Waals surface area contributed by atoms with Gasteiger partial charge in [0.05, 0.1) is 0 Å². The van der Waals surface area contributed by atoms with Crippen molar-refractivity contribution in [2.75, 3.05) is 27.2 Å². The molecule has 0 aromatic heterocycles. The largest absolute Gasteiger partial charge is 0.330 e. The summed E-state index contributed by atoms with van der Waals surface area (Å²) in [5.41, 5.74) is 6.94. The highest BCUT2D eigenvalue weighted by Gasteiger charge is 2.10. The second kappa shape index (κ2) is 6.11. The van der Waals surface area contributed by atoms with Gasteiger partial charge in [0.1, 0.15) is 0 Å². The predicted molar refractivity (Wildman–Crippen MR) is 66.3 cm³/mol. The van der Waals surface area contributed by atoms with Crippen LogP contribution in [-0.2, 0) is 6.42 Å². The van der Waals surface area contributed by atoms with Gasteiger partial charge < -0.3 is 10.6 Å². The lowest BCUT2D eigenvalue weighted by Crippen LogP contribution is -2.29. The van der Waals surface area contributed by atoms with Gasteiger partial charge in [0.2, 0.25) is 0 Å². The Morgan fingerprint density at radius 3 is 2.53 bits per heavy atom. The van der Waals surface area contributed by atoms with E-state index in [1.54, 1.807) is 0 Å². The average Bonchev–Trinajstić information content (AvgIpc) is 2.19. The molecule has 2 nitrogen and oxygen atoms in total. The van der Waals surface area contributed by atoms with Gasteiger partial charge in [-0.05, 0) is 44.6 Å². The monoisotopic (exact) mass is 226 g/mol. The van der Waals surface area contributed by atoms with Crippen LogP contribution in [0.3, 0.4) is 0 Å². The molecule has 84 valence electrons. The number of rotatable bonds is 5. The first-order valence-electron chi connectivity index (χ1n) is 5.21. The molecule has 0 amide bonds. The van der Waals surface area contributed by atoms with Gasteiger partial charge in [0.15, 0.2) is 0 Å².